The standard InChI is InChI=1S/C15H12F3NO2S/c1-11(14-4-2-3-9-19-14)10-22(20,21)13-7-5-12(6-8-13)15(16,17)18/h2-10H,1H3/b11-10+. The maximum absolute atomic E-state index is 12.5. The number of pyridine rings is 1. The second-order valence-corrected chi connectivity index (χ2v) is 6.38. The number of sulfone groups is 1. The molecule has 2 aromatic rings. The van der Waals surface area contributed by atoms with Crippen LogP contribution in [0.3, 0.4) is 0 Å². The maximum atomic E-state index is 12.5. The van der Waals surface area contributed by atoms with Crippen molar-refractivity contribution < 1.29 is 21.6 Å². The minimum absolute atomic E-state index is 0.198. The molecule has 0 saturated carbocycles. The monoisotopic (exact) mass is 327 g/mol. The van der Waals surface area contributed by atoms with E-state index in [0.717, 1.165) is 29.7 Å². The molecule has 0 spiro atoms. The Kier molecular flexibility index (Phi) is 4.37. The van der Waals surface area contributed by atoms with Crippen LogP contribution in [0.4, 0.5) is 13.2 Å². The molecule has 0 bridgehead atoms. The minimum atomic E-state index is -4.50. The first-order valence-corrected chi connectivity index (χ1v) is 7.77. The zero-order valence-electron chi connectivity index (χ0n) is 11.5. The Hall–Kier alpha value is -2.15. The number of nitrogens with zero attached hydrogens (tertiary/aromatic N) is 1. The van der Waals surface area contributed by atoms with Gasteiger partial charge in [0, 0.05) is 11.6 Å². The average molecular weight is 327 g/mol. The molecule has 3 nitrogen and oxygen atoms in total. The maximum Gasteiger partial charge on any atom is 0.416 e. The number of aromatic nitrogens is 1. The van der Waals surface area contributed by atoms with Gasteiger partial charge in [-0.05, 0) is 48.9 Å². The third kappa shape index (κ3) is 3.73. The highest BCUT2D eigenvalue weighted by molar-refractivity contribution is 7.94. The first-order chi connectivity index (χ1) is 10.2. The lowest BCUT2D eigenvalue weighted by Gasteiger charge is -2.07. The van der Waals surface area contributed by atoms with Crippen LogP contribution in [0.1, 0.15) is 18.2 Å². The lowest BCUT2D eigenvalue weighted by molar-refractivity contribution is -0.137. The molecule has 0 aliphatic rings. The highest BCUT2D eigenvalue weighted by Gasteiger charge is 2.30. The first-order valence-electron chi connectivity index (χ1n) is 6.22. The fourth-order valence-electron chi connectivity index (χ4n) is 1.79. The Morgan fingerprint density at radius 2 is 1.73 bits per heavy atom. The molecule has 0 unspecified atom stereocenters. The van der Waals surface area contributed by atoms with Gasteiger partial charge in [0.05, 0.1) is 16.2 Å². The van der Waals surface area contributed by atoms with Crippen molar-refractivity contribution in [3.63, 3.8) is 0 Å². The molecule has 1 aromatic heterocycles. The van der Waals surface area contributed by atoms with Crippen LogP contribution < -0.4 is 0 Å². The van der Waals surface area contributed by atoms with Crippen molar-refractivity contribution in [3.05, 3.63) is 65.3 Å². The SMILES string of the molecule is C/C(=C\S(=O)(=O)c1ccc(C(F)(F)F)cc1)c1ccccn1. The van der Waals surface area contributed by atoms with Crippen LogP contribution in [0.25, 0.3) is 5.57 Å². The van der Waals surface area contributed by atoms with Crippen molar-refractivity contribution >= 4 is 15.4 Å². The van der Waals surface area contributed by atoms with Crippen LogP contribution in [-0.4, -0.2) is 13.4 Å². The van der Waals surface area contributed by atoms with Crippen molar-refractivity contribution in [2.24, 2.45) is 0 Å². The van der Waals surface area contributed by atoms with Crippen LogP contribution in [0, 0.1) is 0 Å². The lowest BCUT2D eigenvalue weighted by atomic mass is 10.2. The van der Waals surface area contributed by atoms with Gasteiger partial charge in [0.15, 0.2) is 9.84 Å². The summed E-state index contributed by atoms with van der Waals surface area (Å²) < 4.78 is 61.8. The number of alkyl halides is 3. The van der Waals surface area contributed by atoms with E-state index in [-0.39, 0.29) is 4.90 Å². The zero-order chi connectivity index (χ0) is 16.4. The Bertz CT molecular complexity index is 780. The van der Waals surface area contributed by atoms with Crippen LogP contribution in [0.5, 0.6) is 0 Å². The summed E-state index contributed by atoms with van der Waals surface area (Å²) in [5.74, 6) is 0. The number of hydrogen-bond donors (Lipinski definition) is 0. The van der Waals surface area contributed by atoms with Crippen molar-refractivity contribution in [1.82, 2.24) is 4.98 Å². The Labute approximate surface area is 126 Å². The summed E-state index contributed by atoms with van der Waals surface area (Å²) in [5.41, 5.74) is -0.00429. The highest BCUT2D eigenvalue weighted by Crippen LogP contribution is 2.30. The van der Waals surface area contributed by atoms with Crippen LogP contribution in [-0.2, 0) is 16.0 Å². The third-order valence-electron chi connectivity index (χ3n) is 2.91. The minimum Gasteiger partial charge on any atom is -0.257 e. The second-order valence-electron chi connectivity index (χ2n) is 4.58. The Morgan fingerprint density at radius 3 is 2.23 bits per heavy atom. The predicted octanol–water partition coefficient (Wildman–Crippen LogP) is 3.94. The first kappa shape index (κ1) is 16.2. The number of benzene rings is 1. The summed E-state index contributed by atoms with van der Waals surface area (Å²) in [7, 11) is -3.84. The Balaban J connectivity index is 2.35. The molecule has 1 aromatic carbocycles. The largest absolute Gasteiger partial charge is 0.416 e. The quantitative estimate of drug-likeness (QED) is 0.858. The van der Waals surface area contributed by atoms with Gasteiger partial charge in [-0.25, -0.2) is 8.42 Å². The molecule has 7 heteroatoms. The summed E-state index contributed by atoms with van der Waals surface area (Å²) in [6.07, 6.45) is -2.97. The molecular weight excluding hydrogens is 315 g/mol. The number of halogens is 3. The molecule has 0 N–H and O–H groups in total. The molecule has 0 saturated heterocycles. The highest BCUT2D eigenvalue weighted by atomic mass is 32.2. The molecule has 0 aliphatic heterocycles. The molecule has 0 radical (unpaired) electrons. The van der Waals surface area contributed by atoms with E-state index in [1.54, 1.807) is 25.1 Å². The summed E-state index contributed by atoms with van der Waals surface area (Å²) in [4.78, 5) is 3.82. The van der Waals surface area contributed by atoms with Crippen molar-refractivity contribution in [2.75, 3.05) is 0 Å². The van der Waals surface area contributed by atoms with Gasteiger partial charge in [0.1, 0.15) is 0 Å². The Morgan fingerprint density at radius 1 is 1.09 bits per heavy atom. The molecule has 116 valence electrons. The fourth-order valence-corrected chi connectivity index (χ4v) is 3.03. The van der Waals surface area contributed by atoms with Gasteiger partial charge in [-0.2, -0.15) is 13.2 Å². The van der Waals surface area contributed by atoms with E-state index < -0.39 is 21.6 Å². The van der Waals surface area contributed by atoms with Crippen LogP contribution in [0.2, 0.25) is 0 Å². The van der Waals surface area contributed by atoms with E-state index in [9.17, 15) is 21.6 Å². The number of rotatable bonds is 3. The predicted molar refractivity (Wildman–Crippen MR) is 76.5 cm³/mol. The average Bonchev–Trinajstić information content (AvgIpc) is 2.47. The van der Waals surface area contributed by atoms with Gasteiger partial charge in [0.2, 0.25) is 0 Å². The number of hydrogen-bond acceptors (Lipinski definition) is 3. The third-order valence-corrected chi connectivity index (χ3v) is 4.50. The molecule has 0 aliphatic carbocycles. The van der Waals surface area contributed by atoms with Crippen molar-refractivity contribution in [2.45, 2.75) is 18.0 Å². The smallest absolute Gasteiger partial charge is 0.257 e. The van der Waals surface area contributed by atoms with E-state index in [1.165, 1.54) is 6.20 Å². The van der Waals surface area contributed by atoms with E-state index >= 15 is 0 Å². The molecule has 22 heavy (non-hydrogen) atoms. The van der Waals surface area contributed by atoms with Gasteiger partial charge >= 0.3 is 6.18 Å². The van der Waals surface area contributed by atoms with E-state index in [1.807, 2.05) is 0 Å². The van der Waals surface area contributed by atoms with E-state index in [0.29, 0.717) is 11.3 Å². The lowest BCUT2D eigenvalue weighted by Crippen LogP contribution is -2.05. The van der Waals surface area contributed by atoms with Crippen molar-refractivity contribution in [1.29, 1.82) is 0 Å². The topological polar surface area (TPSA) is 47.0 Å². The summed E-state index contributed by atoms with van der Waals surface area (Å²) in [6.45, 7) is 1.57. The molecule has 2 rings (SSSR count). The van der Waals surface area contributed by atoms with E-state index in [2.05, 4.69) is 4.98 Å². The molecule has 0 fully saturated rings. The van der Waals surface area contributed by atoms with Gasteiger partial charge in [-0.1, -0.05) is 6.07 Å². The molecule has 0 atom stereocenters. The number of allylic oxidation sites excluding steroid dienone is 1. The fraction of sp³-hybridized carbons (Fsp3) is 0.133. The zero-order valence-corrected chi connectivity index (χ0v) is 12.3. The van der Waals surface area contributed by atoms with Gasteiger partial charge < -0.3 is 0 Å². The van der Waals surface area contributed by atoms with Gasteiger partial charge in [0.25, 0.3) is 0 Å². The van der Waals surface area contributed by atoms with Crippen LogP contribution >= 0.6 is 0 Å². The second kappa shape index (κ2) is 5.92. The van der Waals surface area contributed by atoms with Crippen LogP contribution in [0.15, 0.2) is 59.0 Å². The summed E-state index contributed by atoms with van der Waals surface area (Å²) >= 11 is 0. The summed E-state index contributed by atoms with van der Waals surface area (Å²) in [5, 5.41) is 0.998. The van der Waals surface area contributed by atoms with E-state index in [4.69, 9.17) is 0 Å². The summed E-state index contributed by atoms with van der Waals surface area (Å²) in [6, 6.07) is 8.44. The molecule has 1 heterocycles. The van der Waals surface area contributed by atoms with Crippen molar-refractivity contribution in [3.8, 4) is 0 Å². The molecule has 0 amide bonds. The normalized spacial score (nSPS) is 13.2. The van der Waals surface area contributed by atoms with Gasteiger partial charge in [-0.3, -0.25) is 4.98 Å². The van der Waals surface area contributed by atoms with Gasteiger partial charge in [-0.15, -0.1) is 0 Å². The molecular formula is C15H12F3NO2S.